The van der Waals surface area contributed by atoms with Crippen LogP contribution in [0.5, 0.6) is 0 Å². The van der Waals surface area contributed by atoms with Gasteiger partial charge in [0.1, 0.15) is 5.76 Å². The molecule has 2 aromatic rings. The van der Waals surface area contributed by atoms with E-state index < -0.39 is 0 Å². The summed E-state index contributed by atoms with van der Waals surface area (Å²) in [6.07, 6.45) is 1.16. The van der Waals surface area contributed by atoms with Crippen molar-refractivity contribution in [1.82, 2.24) is 5.32 Å². The summed E-state index contributed by atoms with van der Waals surface area (Å²) >= 11 is 0. The first-order valence-corrected chi connectivity index (χ1v) is 8.30. The van der Waals surface area contributed by atoms with Crippen molar-refractivity contribution in [3.8, 4) is 0 Å². The Bertz CT molecular complexity index is 787. The lowest BCUT2D eigenvalue weighted by Crippen LogP contribution is -2.27. The lowest BCUT2D eigenvalue weighted by atomic mass is 9.76. The van der Waals surface area contributed by atoms with E-state index in [1.54, 1.807) is 6.92 Å². The third kappa shape index (κ3) is 3.01. The number of rotatable bonds is 3. The normalized spacial score (nSPS) is 17.2. The van der Waals surface area contributed by atoms with Gasteiger partial charge in [0.15, 0.2) is 11.5 Å². The van der Waals surface area contributed by atoms with Crippen LogP contribution in [-0.2, 0) is 6.42 Å². The molecular weight excluding hydrogens is 302 g/mol. The van der Waals surface area contributed by atoms with Gasteiger partial charge in [0.2, 0.25) is 0 Å². The predicted octanol–water partition coefficient (Wildman–Crippen LogP) is 4.23. The molecule has 0 saturated carbocycles. The largest absolute Gasteiger partial charge is 0.455 e. The molecule has 1 aliphatic rings. The van der Waals surface area contributed by atoms with Crippen LogP contribution in [0.2, 0.25) is 0 Å². The third-order valence-corrected chi connectivity index (χ3v) is 4.63. The summed E-state index contributed by atoms with van der Waals surface area (Å²) in [4.78, 5) is 25.0. The minimum atomic E-state index is -0.274. The smallest absolute Gasteiger partial charge is 0.287 e. The van der Waals surface area contributed by atoms with Crippen molar-refractivity contribution >= 4 is 11.7 Å². The van der Waals surface area contributed by atoms with Crippen LogP contribution >= 0.6 is 0 Å². The van der Waals surface area contributed by atoms with Gasteiger partial charge >= 0.3 is 0 Å². The molecule has 1 atom stereocenters. The minimum Gasteiger partial charge on any atom is -0.455 e. The van der Waals surface area contributed by atoms with Crippen LogP contribution in [0.15, 0.2) is 34.7 Å². The molecule has 0 bridgehead atoms. The van der Waals surface area contributed by atoms with Crippen LogP contribution in [0, 0.1) is 12.3 Å². The van der Waals surface area contributed by atoms with Crippen LogP contribution in [0.4, 0.5) is 0 Å². The quantitative estimate of drug-likeness (QED) is 0.918. The van der Waals surface area contributed by atoms with Gasteiger partial charge in [0.05, 0.1) is 11.6 Å². The molecule has 3 rings (SSSR count). The zero-order chi connectivity index (χ0) is 17.5. The summed E-state index contributed by atoms with van der Waals surface area (Å²) in [7, 11) is 0. The number of Topliss-reactive ketones (excluding diaryl/α,β-unsaturated/α-hetero) is 1. The monoisotopic (exact) mass is 325 g/mol. The maximum Gasteiger partial charge on any atom is 0.287 e. The summed E-state index contributed by atoms with van der Waals surface area (Å²) in [5.41, 5.74) is 2.16. The molecule has 0 fully saturated rings. The average Bonchev–Trinajstić information content (AvgIpc) is 2.83. The summed E-state index contributed by atoms with van der Waals surface area (Å²) in [5, 5.41) is 2.95. The Morgan fingerprint density at radius 2 is 1.88 bits per heavy atom. The number of carbonyl (C=O) groups excluding carboxylic acids is 2. The Labute approximate surface area is 142 Å². The molecule has 4 heteroatoms. The van der Waals surface area contributed by atoms with Crippen molar-refractivity contribution in [2.75, 3.05) is 0 Å². The van der Waals surface area contributed by atoms with Crippen molar-refractivity contribution in [1.29, 1.82) is 0 Å². The maximum atomic E-state index is 12.6. The molecule has 1 amide bonds. The van der Waals surface area contributed by atoms with Gasteiger partial charge in [0.25, 0.3) is 5.91 Å². The van der Waals surface area contributed by atoms with Crippen molar-refractivity contribution < 1.29 is 14.0 Å². The van der Waals surface area contributed by atoms with Crippen LogP contribution in [0.1, 0.15) is 71.0 Å². The number of hydrogen-bond donors (Lipinski definition) is 1. The molecule has 1 aliphatic carbocycles. The Morgan fingerprint density at radius 1 is 1.21 bits per heavy atom. The van der Waals surface area contributed by atoms with Crippen molar-refractivity contribution in [3.05, 3.63) is 58.5 Å². The Morgan fingerprint density at radius 3 is 2.54 bits per heavy atom. The van der Waals surface area contributed by atoms with Gasteiger partial charge in [-0.15, -0.1) is 0 Å². The van der Waals surface area contributed by atoms with Gasteiger partial charge in [-0.1, -0.05) is 44.2 Å². The lowest BCUT2D eigenvalue weighted by Gasteiger charge is -2.27. The molecule has 0 saturated heterocycles. The molecule has 0 spiro atoms. The van der Waals surface area contributed by atoms with Crippen LogP contribution in [-0.4, -0.2) is 11.7 Å². The van der Waals surface area contributed by atoms with Gasteiger partial charge in [-0.2, -0.15) is 0 Å². The third-order valence-electron chi connectivity index (χ3n) is 4.63. The number of fused-ring (bicyclic) bond motifs is 1. The SMILES string of the molecule is Cc1c(C(=O)N[C@H](C)c2ccccc2)oc2c1C(=O)CC(C)(C)C2. The fraction of sp³-hybridized carbons (Fsp3) is 0.400. The highest BCUT2D eigenvalue weighted by molar-refractivity contribution is 6.03. The molecule has 1 heterocycles. The van der Waals surface area contributed by atoms with E-state index in [0.717, 1.165) is 5.56 Å². The van der Waals surface area contributed by atoms with Crippen LogP contribution in [0.3, 0.4) is 0 Å². The van der Waals surface area contributed by atoms with E-state index in [4.69, 9.17) is 4.42 Å². The van der Waals surface area contributed by atoms with Crippen LogP contribution in [0.25, 0.3) is 0 Å². The molecule has 24 heavy (non-hydrogen) atoms. The molecule has 1 aromatic carbocycles. The zero-order valence-corrected chi connectivity index (χ0v) is 14.6. The average molecular weight is 325 g/mol. The standard InChI is InChI=1S/C20H23NO3/c1-12-17-15(22)10-20(3,4)11-16(17)24-18(12)19(23)21-13(2)14-8-6-5-7-9-14/h5-9,13H,10-11H2,1-4H3,(H,21,23)/t13-/m1/s1. The fourth-order valence-corrected chi connectivity index (χ4v) is 3.39. The highest BCUT2D eigenvalue weighted by atomic mass is 16.4. The van der Waals surface area contributed by atoms with E-state index in [9.17, 15) is 9.59 Å². The number of ketones is 1. The van der Waals surface area contributed by atoms with Crippen molar-refractivity contribution in [2.24, 2.45) is 5.41 Å². The topological polar surface area (TPSA) is 59.3 Å². The van der Waals surface area contributed by atoms with E-state index in [1.807, 2.05) is 51.1 Å². The lowest BCUT2D eigenvalue weighted by molar-refractivity contribution is 0.0883. The van der Waals surface area contributed by atoms with Crippen molar-refractivity contribution in [2.45, 2.75) is 46.6 Å². The number of nitrogens with one attached hydrogen (secondary N) is 1. The second-order valence-electron chi connectivity index (χ2n) is 7.40. The van der Waals surface area contributed by atoms with Gasteiger partial charge < -0.3 is 9.73 Å². The number of benzene rings is 1. The van der Waals surface area contributed by atoms with E-state index in [1.165, 1.54) is 0 Å². The van der Waals surface area contributed by atoms with Gasteiger partial charge in [-0.25, -0.2) is 0 Å². The summed E-state index contributed by atoms with van der Waals surface area (Å²) in [6.45, 7) is 7.81. The maximum absolute atomic E-state index is 12.6. The summed E-state index contributed by atoms with van der Waals surface area (Å²) in [6, 6.07) is 9.63. The number of amides is 1. The van der Waals surface area contributed by atoms with Crippen LogP contribution < -0.4 is 5.32 Å². The number of hydrogen-bond acceptors (Lipinski definition) is 3. The first-order chi connectivity index (χ1) is 11.3. The Kier molecular flexibility index (Phi) is 4.08. The second kappa shape index (κ2) is 5.93. The Balaban J connectivity index is 1.86. The first-order valence-electron chi connectivity index (χ1n) is 8.30. The van der Waals surface area contributed by atoms with Gasteiger partial charge in [-0.05, 0) is 24.8 Å². The number of furan rings is 1. The first kappa shape index (κ1) is 16.5. The van der Waals surface area contributed by atoms with E-state index in [0.29, 0.717) is 29.7 Å². The molecule has 0 aliphatic heterocycles. The number of carbonyl (C=O) groups is 2. The van der Waals surface area contributed by atoms with E-state index in [-0.39, 0.29) is 28.9 Å². The van der Waals surface area contributed by atoms with E-state index >= 15 is 0 Å². The zero-order valence-electron chi connectivity index (χ0n) is 14.6. The van der Waals surface area contributed by atoms with Gasteiger partial charge in [0, 0.05) is 18.4 Å². The Hall–Kier alpha value is -2.36. The molecule has 0 radical (unpaired) electrons. The van der Waals surface area contributed by atoms with Crippen molar-refractivity contribution in [3.63, 3.8) is 0 Å². The van der Waals surface area contributed by atoms with E-state index in [2.05, 4.69) is 5.32 Å². The summed E-state index contributed by atoms with van der Waals surface area (Å²) in [5.74, 6) is 0.696. The highest BCUT2D eigenvalue weighted by Crippen LogP contribution is 2.38. The molecule has 0 unspecified atom stereocenters. The molecule has 1 aromatic heterocycles. The minimum absolute atomic E-state index is 0.0673. The molecule has 4 nitrogen and oxygen atoms in total. The highest BCUT2D eigenvalue weighted by Gasteiger charge is 2.37. The second-order valence-corrected chi connectivity index (χ2v) is 7.40. The molecular formula is C20H23NO3. The predicted molar refractivity (Wildman–Crippen MR) is 92.2 cm³/mol. The summed E-state index contributed by atoms with van der Waals surface area (Å²) < 4.78 is 5.81. The fourth-order valence-electron chi connectivity index (χ4n) is 3.39. The van der Waals surface area contributed by atoms with Gasteiger partial charge in [-0.3, -0.25) is 9.59 Å². The molecule has 126 valence electrons. The molecule has 1 N–H and O–H groups in total.